The van der Waals surface area contributed by atoms with Gasteiger partial charge in [0.05, 0.1) is 23.7 Å². The number of carbonyl (C=O) groups excluding carboxylic acids is 1. The first kappa shape index (κ1) is 22.3. The molecule has 1 unspecified atom stereocenters. The van der Waals surface area contributed by atoms with Gasteiger partial charge in [-0.05, 0) is 58.2 Å². The standard InChI is InChI=1S/C23H28FN3O5/c1-23(2,3)32-22(30)26-9-6-14(7-10-26)12-18-25-17-5-4-16(21(28)29)19(24)20(17)27(18)13-15-8-11-31-15/h4-5,12,15H,6-11,13H2,1-3H3,(H,28,29). The highest BCUT2D eigenvalue weighted by Gasteiger charge is 2.27. The first-order valence-electron chi connectivity index (χ1n) is 10.8. The minimum absolute atomic E-state index is 0.0496. The number of nitrogens with zero attached hydrogens (tertiary/aromatic N) is 3. The number of fused-ring (bicyclic) bond motifs is 1. The molecule has 0 saturated carbocycles. The summed E-state index contributed by atoms with van der Waals surface area (Å²) < 4.78 is 27.7. The summed E-state index contributed by atoms with van der Waals surface area (Å²) in [5.41, 5.74) is 0.761. The van der Waals surface area contributed by atoms with Crippen LogP contribution in [0.1, 0.15) is 56.2 Å². The third-order valence-electron chi connectivity index (χ3n) is 5.68. The number of benzene rings is 1. The Morgan fingerprint density at radius 3 is 2.56 bits per heavy atom. The quantitative estimate of drug-likeness (QED) is 0.762. The molecular formula is C23H28FN3O5. The SMILES string of the molecule is CC(C)(C)OC(=O)N1CCC(=Cc2nc3ccc(C(=O)O)c(F)c3n2CC2CCO2)CC1. The van der Waals surface area contributed by atoms with Crippen molar-refractivity contribution in [3.8, 4) is 0 Å². The molecule has 172 valence electrons. The summed E-state index contributed by atoms with van der Waals surface area (Å²) in [6.45, 7) is 7.65. The molecule has 9 heteroatoms. The maximum atomic E-state index is 15.1. The van der Waals surface area contributed by atoms with E-state index in [0.29, 0.717) is 50.4 Å². The number of halogens is 1. The molecule has 4 rings (SSSR count). The van der Waals surface area contributed by atoms with Crippen LogP contribution in [0.2, 0.25) is 0 Å². The smallest absolute Gasteiger partial charge is 0.410 e. The van der Waals surface area contributed by atoms with Crippen molar-refractivity contribution in [3.05, 3.63) is 34.9 Å². The van der Waals surface area contributed by atoms with Crippen molar-refractivity contribution in [1.29, 1.82) is 0 Å². The van der Waals surface area contributed by atoms with E-state index < -0.39 is 17.4 Å². The molecule has 1 N–H and O–H groups in total. The van der Waals surface area contributed by atoms with Gasteiger partial charge in [0.2, 0.25) is 0 Å². The molecule has 1 amide bonds. The highest BCUT2D eigenvalue weighted by Crippen LogP contribution is 2.28. The summed E-state index contributed by atoms with van der Waals surface area (Å²) in [6.07, 6.45) is 3.73. The number of ether oxygens (including phenoxy) is 2. The predicted octanol–water partition coefficient (Wildman–Crippen LogP) is 4.08. The molecule has 8 nitrogen and oxygen atoms in total. The van der Waals surface area contributed by atoms with Crippen LogP contribution in [0.4, 0.5) is 9.18 Å². The number of carboxylic acid groups (broad SMARTS) is 1. The molecule has 2 saturated heterocycles. The van der Waals surface area contributed by atoms with Crippen LogP contribution in [0, 0.1) is 5.82 Å². The van der Waals surface area contributed by atoms with Crippen LogP contribution >= 0.6 is 0 Å². The van der Waals surface area contributed by atoms with Crippen molar-refractivity contribution in [1.82, 2.24) is 14.5 Å². The molecule has 2 aliphatic rings. The number of piperidine rings is 1. The van der Waals surface area contributed by atoms with E-state index in [-0.39, 0.29) is 23.3 Å². The van der Waals surface area contributed by atoms with Crippen molar-refractivity contribution in [2.45, 2.75) is 58.3 Å². The molecular weight excluding hydrogens is 417 g/mol. The minimum atomic E-state index is -1.31. The van der Waals surface area contributed by atoms with Gasteiger partial charge in [-0.1, -0.05) is 5.57 Å². The molecule has 32 heavy (non-hydrogen) atoms. The number of rotatable bonds is 4. The Morgan fingerprint density at radius 1 is 1.31 bits per heavy atom. The lowest BCUT2D eigenvalue weighted by molar-refractivity contribution is -0.0588. The topological polar surface area (TPSA) is 93.9 Å². The molecule has 0 radical (unpaired) electrons. The number of imidazole rings is 1. The first-order chi connectivity index (χ1) is 15.1. The van der Waals surface area contributed by atoms with Crippen molar-refractivity contribution in [2.75, 3.05) is 19.7 Å². The molecule has 2 aliphatic heterocycles. The lowest BCUT2D eigenvalue weighted by Crippen LogP contribution is -2.40. The number of hydrogen-bond donors (Lipinski definition) is 1. The average Bonchev–Trinajstić information content (AvgIpc) is 3.01. The average molecular weight is 445 g/mol. The fourth-order valence-corrected chi connectivity index (χ4v) is 3.92. The zero-order chi connectivity index (χ0) is 23.0. The zero-order valence-electron chi connectivity index (χ0n) is 18.6. The third kappa shape index (κ3) is 4.62. The van der Waals surface area contributed by atoms with Crippen molar-refractivity contribution >= 4 is 29.2 Å². The maximum Gasteiger partial charge on any atom is 0.410 e. The maximum absolute atomic E-state index is 15.1. The van der Waals surface area contributed by atoms with E-state index in [1.807, 2.05) is 26.8 Å². The number of likely N-dealkylation sites (tertiary alicyclic amines) is 1. The molecule has 1 aromatic carbocycles. The summed E-state index contributed by atoms with van der Waals surface area (Å²) in [6, 6.07) is 2.78. The molecule has 0 spiro atoms. The van der Waals surface area contributed by atoms with Gasteiger partial charge in [0, 0.05) is 19.7 Å². The van der Waals surface area contributed by atoms with Crippen LogP contribution in [0.3, 0.4) is 0 Å². The number of aromatic carboxylic acids is 1. The Kier molecular flexibility index (Phi) is 5.94. The van der Waals surface area contributed by atoms with Crippen LogP contribution in [-0.4, -0.2) is 63.0 Å². The van der Waals surface area contributed by atoms with Crippen LogP contribution in [-0.2, 0) is 16.0 Å². The lowest BCUT2D eigenvalue weighted by Gasteiger charge is -2.31. The van der Waals surface area contributed by atoms with E-state index in [4.69, 9.17) is 9.47 Å². The summed E-state index contributed by atoms with van der Waals surface area (Å²) in [5.74, 6) is -1.53. The van der Waals surface area contributed by atoms with Gasteiger partial charge in [0.15, 0.2) is 5.82 Å². The summed E-state index contributed by atoms with van der Waals surface area (Å²) in [4.78, 5) is 30.0. The van der Waals surface area contributed by atoms with Gasteiger partial charge < -0.3 is 24.0 Å². The minimum Gasteiger partial charge on any atom is -0.478 e. The number of hydrogen-bond acceptors (Lipinski definition) is 5. The second kappa shape index (κ2) is 8.54. The summed E-state index contributed by atoms with van der Waals surface area (Å²) in [5, 5.41) is 9.31. The van der Waals surface area contributed by atoms with Gasteiger partial charge in [-0.15, -0.1) is 0 Å². The number of carbonyl (C=O) groups is 2. The van der Waals surface area contributed by atoms with E-state index in [1.165, 1.54) is 12.1 Å². The Bertz CT molecular complexity index is 1070. The van der Waals surface area contributed by atoms with E-state index in [0.717, 1.165) is 12.0 Å². The second-order valence-corrected chi connectivity index (χ2v) is 9.23. The van der Waals surface area contributed by atoms with Crippen molar-refractivity contribution in [3.63, 3.8) is 0 Å². The third-order valence-corrected chi connectivity index (χ3v) is 5.68. The van der Waals surface area contributed by atoms with Gasteiger partial charge in [-0.3, -0.25) is 0 Å². The van der Waals surface area contributed by atoms with Crippen LogP contribution in [0.15, 0.2) is 17.7 Å². The Labute approximate surface area is 185 Å². The highest BCUT2D eigenvalue weighted by molar-refractivity contribution is 5.93. The molecule has 2 fully saturated rings. The van der Waals surface area contributed by atoms with Crippen molar-refractivity contribution < 1.29 is 28.6 Å². The Morgan fingerprint density at radius 2 is 2.00 bits per heavy atom. The van der Waals surface area contributed by atoms with E-state index in [2.05, 4.69) is 4.98 Å². The number of aromatic nitrogens is 2. The Hall–Kier alpha value is -2.94. The normalized spacial score (nSPS) is 19.1. The van der Waals surface area contributed by atoms with Crippen LogP contribution in [0.5, 0.6) is 0 Å². The number of amides is 1. The second-order valence-electron chi connectivity index (χ2n) is 9.23. The molecule has 3 heterocycles. The lowest BCUT2D eigenvalue weighted by atomic mass is 10.0. The van der Waals surface area contributed by atoms with Gasteiger partial charge in [0.25, 0.3) is 0 Å². The summed E-state index contributed by atoms with van der Waals surface area (Å²) in [7, 11) is 0. The van der Waals surface area contributed by atoms with Crippen LogP contribution in [0.25, 0.3) is 17.1 Å². The molecule has 2 aromatic rings. The molecule has 0 aliphatic carbocycles. The molecule has 1 atom stereocenters. The molecule has 1 aromatic heterocycles. The summed E-state index contributed by atoms with van der Waals surface area (Å²) >= 11 is 0. The van der Waals surface area contributed by atoms with Gasteiger partial charge in [0.1, 0.15) is 16.9 Å². The van der Waals surface area contributed by atoms with Gasteiger partial charge in [-0.2, -0.15) is 0 Å². The first-order valence-corrected chi connectivity index (χ1v) is 10.8. The molecule has 0 bridgehead atoms. The van der Waals surface area contributed by atoms with Crippen LogP contribution < -0.4 is 0 Å². The van der Waals surface area contributed by atoms with E-state index >= 15 is 4.39 Å². The fourth-order valence-electron chi connectivity index (χ4n) is 3.92. The zero-order valence-corrected chi connectivity index (χ0v) is 18.6. The van der Waals surface area contributed by atoms with E-state index in [1.54, 1.807) is 9.47 Å². The van der Waals surface area contributed by atoms with E-state index in [9.17, 15) is 14.7 Å². The highest BCUT2D eigenvalue weighted by atomic mass is 19.1. The largest absolute Gasteiger partial charge is 0.478 e. The van der Waals surface area contributed by atoms with Gasteiger partial charge in [-0.25, -0.2) is 19.0 Å². The number of carboxylic acids is 1. The predicted molar refractivity (Wildman–Crippen MR) is 116 cm³/mol. The van der Waals surface area contributed by atoms with Crippen molar-refractivity contribution in [2.24, 2.45) is 0 Å². The Balaban J connectivity index is 1.60. The van der Waals surface area contributed by atoms with Gasteiger partial charge >= 0.3 is 12.1 Å². The monoisotopic (exact) mass is 445 g/mol. The fraction of sp³-hybridized carbons (Fsp3) is 0.522.